The number of hydrogen-bond donors (Lipinski definition) is 0. The van der Waals surface area contributed by atoms with E-state index in [2.05, 4.69) is 40.4 Å². The van der Waals surface area contributed by atoms with E-state index in [1.165, 1.54) is 15.6 Å². The molecule has 0 bridgehead atoms. The van der Waals surface area contributed by atoms with Crippen molar-refractivity contribution < 1.29 is 4.74 Å². The minimum Gasteiger partial charge on any atom is -0.493 e. The molecule has 0 radical (unpaired) electrons. The van der Waals surface area contributed by atoms with Crippen LogP contribution in [0.15, 0.2) is 22.0 Å². The van der Waals surface area contributed by atoms with Gasteiger partial charge in [-0.05, 0) is 41.4 Å². The zero-order valence-electron chi connectivity index (χ0n) is 8.13. The zero-order valence-corrected chi connectivity index (χ0v) is 10.5. The van der Waals surface area contributed by atoms with Crippen molar-refractivity contribution in [3.05, 3.63) is 27.5 Å². The number of fused-ring (bicyclic) bond motifs is 1. The summed E-state index contributed by atoms with van der Waals surface area (Å²) in [6.45, 7) is 4.80. The molecular formula is C11H11BrOS. The number of aryl methyl sites for hydroxylation is 1. The van der Waals surface area contributed by atoms with Crippen LogP contribution in [0.4, 0.5) is 0 Å². The summed E-state index contributed by atoms with van der Waals surface area (Å²) in [7, 11) is 0. The normalized spacial score (nSPS) is 10.8. The van der Waals surface area contributed by atoms with Crippen molar-refractivity contribution in [3.63, 3.8) is 0 Å². The number of rotatable bonds is 2. The van der Waals surface area contributed by atoms with Gasteiger partial charge in [0.2, 0.25) is 0 Å². The van der Waals surface area contributed by atoms with Crippen LogP contribution < -0.4 is 4.74 Å². The van der Waals surface area contributed by atoms with E-state index < -0.39 is 0 Å². The molecule has 0 aliphatic rings. The van der Waals surface area contributed by atoms with Gasteiger partial charge in [-0.1, -0.05) is 6.07 Å². The Bertz CT molecular complexity index is 462. The topological polar surface area (TPSA) is 9.23 Å². The highest BCUT2D eigenvalue weighted by Crippen LogP contribution is 2.39. The van der Waals surface area contributed by atoms with Gasteiger partial charge in [0.05, 0.1) is 6.61 Å². The third kappa shape index (κ3) is 1.55. The standard InChI is InChI=1S/C11H11BrOS/c1-3-13-11-7(2)4-5-9-10(11)8(12)6-14-9/h4-6H,3H2,1-2H3. The minimum atomic E-state index is 0.711. The average Bonchev–Trinajstić information content (AvgIpc) is 2.53. The molecule has 0 saturated heterocycles. The SMILES string of the molecule is CCOc1c(C)ccc2scc(Br)c12. The molecule has 3 heteroatoms. The van der Waals surface area contributed by atoms with Gasteiger partial charge in [0.15, 0.2) is 0 Å². The molecule has 0 fully saturated rings. The largest absolute Gasteiger partial charge is 0.493 e. The predicted molar refractivity (Wildman–Crippen MR) is 65.4 cm³/mol. The summed E-state index contributed by atoms with van der Waals surface area (Å²) in [5.41, 5.74) is 1.19. The van der Waals surface area contributed by atoms with Crippen molar-refractivity contribution in [2.75, 3.05) is 6.61 Å². The van der Waals surface area contributed by atoms with Crippen LogP contribution in [0.3, 0.4) is 0 Å². The highest BCUT2D eigenvalue weighted by atomic mass is 79.9. The molecule has 1 aromatic heterocycles. The highest BCUT2D eigenvalue weighted by molar-refractivity contribution is 9.10. The molecule has 14 heavy (non-hydrogen) atoms. The second kappa shape index (κ2) is 3.91. The summed E-state index contributed by atoms with van der Waals surface area (Å²) in [6.07, 6.45) is 0. The van der Waals surface area contributed by atoms with E-state index in [0.717, 1.165) is 10.2 Å². The summed E-state index contributed by atoms with van der Waals surface area (Å²) in [6, 6.07) is 4.25. The molecule has 1 heterocycles. The van der Waals surface area contributed by atoms with E-state index >= 15 is 0 Å². The lowest BCUT2D eigenvalue weighted by atomic mass is 10.1. The number of halogens is 1. The average molecular weight is 271 g/mol. The van der Waals surface area contributed by atoms with Crippen LogP contribution in [0.1, 0.15) is 12.5 Å². The molecule has 74 valence electrons. The van der Waals surface area contributed by atoms with Gasteiger partial charge in [-0.25, -0.2) is 0 Å². The van der Waals surface area contributed by atoms with E-state index in [1.54, 1.807) is 11.3 Å². The molecule has 2 aromatic rings. The van der Waals surface area contributed by atoms with E-state index in [4.69, 9.17) is 4.74 Å². The van der Waals surface area contributed by atoms with Gasteiger partial charge in [-0.2, -0.15) is 0 Å². The Morgan fingerprint density at radius 2 is 2.21 bits per heavy atom. The smallest absolute Gasteiger partial charge is 0.131 e. The Hall–Kier alpha value is -0.540. The molecule has 0 spiro atoms. The van der Waals surface area contributed by atoms with Gasteiger partial charge in [0.1, 0.15) is 5.75 Å². The van der Waals surface area contributed by atoms with Gasteiger partial charge in [-0.3, -0.25) is 0 Å². The zero-order chi connectivity index (χ0) is 10.1. The highest BCUT2D eigenvalue weighted by Gasteiger charge is 2.10. The molecule has 0 unspecified atom stereocenters. The van der Waals surface area contributed by atoms with Crippen LogP contribution in [0.2, 0.25) is 0 Å². The molecule has 0 saturated carbocycles. The van der Waals surface area contributed by atoms with Gasteiger partial charge in [0, 0.05) is 19.9 Å². The third-order valence-corrected chi connectivity index (χ3v) is 4.01. The van der Waals surface area contributed by atoms with Crippen LogP contribution in [-0.4, -0.2) is 6.61 Å². The fraction of sp³-hybridized carbons (Fsp3) is 0.273. The summed E-state index contributed by atoms with van der Waals surface area (Å²) in [4.78, 5) is 0. The maximum Gasteiger partial charge on any atom is 0.131 e. The van der Waals surface area contributed by atoms with E-state index in [0.29, 0.717) is 6.61 Å². The first kappa shape index (κ1) is 9.99. The Balaban J connectivity index is 2.73. The van der Waals surface area contributed by atoms with Crippen molar-refractivity contribution in [3.8, 4) is 5.75 Å². The first-order valence-electron chi connectivity index (χ1n) is 4.53. The number of hydrogen-bond acceptors (Lipinski definition) is 2. The van der Waals surface area contributed by atoms with Crippen LogP contribution in [-0.2, 0) is 0 Å². The van der Waals surface area contributed by atoms with Crippen molar-refractivity contribution in [1.29, 1.82) is 0 Å². The lowest BCUT2D eigenvalue weighted by Gasteiger charge is -2.08. The molecule has 0 atom stereocenters. The maximum atomic E-state index is 5.67. The Kier molecular flexibility index (Phi) is 2.79. The second-order valence-corrected chi connectivity index (χ2v) is 4.87. The number of thiophene rings is 1. The molecule has 1 aromatic carbocycles. The number of ether oxygens (including phenoxy) is 1. The van der Waals surface area contributed by atoms with Gasteiger partial charge in [-0.15, -0.1) is 11.3 Å². The fourth-order valence-electron chi connectivity index (χ4n) is 1.50. The van der Waals surface area contributed by atoms with Crippen molar-refractivity contribution in [2.45, 2.75) is 13.8 Å². The Morgan fingerprint density at radius 1 is 1.43 bits per heavy atom. The van der Waals surface area contributed by atoms with Crippen molar-refractivity contribution in [1.82, 2.24) is 0 Å². The van der Waals surface area contributed by atoms with E-state index in [9.17, 15) is 0 Å². The lowest BCUT2D eigenvalue weighted by Crippen LogP contribution is -1.94. The fourth-order valence-corrected chi connectivity index (χ4v) is 3.12. The Morgan fingerprint density at radius 3 is 2.93 bits per heavy atom. The molecule has 0 amide bonds. The quantitative estimate of drug-likeness (QED) is 0.788. The summed E-state index contributed by atoms with van der Waals surface area (Å²) in [5, 5.41) is 3.31. The summed E-state index contributed by atoms with van der Waals surface area (Å²) >= 11 is 5.29. The van der Waals surface area contributed by atoms with Crippen LogP contribution in [0.25, 0.3) is 10.1 Å². The predicted octanol–water partition coefficient (Wildman–Crippen LogP) is 4.37. The molecule has 0 aliphatic carbocycles. The van der Waals surface area contributed by atoms with E-state index in [-0.39, 0.29) is 0 Å². The monoisotopic (exact) mass is 270 g/mol. The number of benzene rings is 1. The van der Waals surface area contributed by atoms with Crippen LogP contribution in [0.5, 0.6) is 5.75 Å². The minimum absolute atomic E-state index is 0.711. The van der Waals surface area contributed by atoms with Crippen molar-refractivity contribution in [2.24, 2.45) is 0 Å². The van der Waals surface area contributed by atoms with Gasteiger partial charge in [0.25, 0.3) is 0 Å². The van der Waals surface area contributed by atoms with E-state index in [1.807, 2.05) is 6.92 Å². The third-order valence-electron chi connectivity index (χ3n) is 2.13. The second-order valence-electron chi connectivity index (χ2n) is 3.10. The van der Waals surface area contributed by atoms with Gasteiger partial charge >= 0.3 is 0 Å². The first-order chi connectivity index (χ1) is 6.74. The maximum absolute atomic E-state index is 5.67. The van der Waals surface area contributed by atoms with Crippen LogP contribution in [0, 0.1) is 6.92 Å². The molecule has 1 nitrogen and oxygen atoms in total. The Labute approximate surface area is 95.8 Å². The molecule has 0 aliphatic heterocycles. The van der Waals surface area contributed by atoms with Crippen molar-refractivity contribution >= 4 is 37.4 Å². The lowest BCUT2D eigenvalue weighted by molar-refractivity contribution is 0.342. The first-order valence-corrected chi connectivity index (χ1v) is 6.20. The summed E-state index contributed by atoms with van der Waals surface area (Å²) in [5.74, 6) is 1.01. The van der Waals surface area contributed by atoms with Gasteiger partial charge < -0.3 is 4.74 Å². The molecule has 2 rings (SSSR count). The van der Waals surface area contributed by atoms with Crippen LogP contribution >= 0.6 is 27.3 Å². The molecular weight excluding hydrogens is 260 g/mol. The molecule has 0 N–H and O–H groups in total. The summed E-state index contributed by atoms with van der Waals surface area (Å²) < 4.78 is 8.06.